The van der Waals surface area contributed by atoms with Crippen LogP contribution in [0.15, 0.2) is 77.7 Å². The molecule has 2 N–H and O–H groups in total. The second-order valence-electron chi connectivity index (χ2n) is 5.26. The first-order valence-electron chi connectivity index (χ1n) is 7.48. The SMILES string of the molecule is CSc1ccc(-c2ccc(C(=O)Oc3ccc(N)cc3)cc2)cc1. The van der Waals surface area contributed by atoms with Crippen LogP contribution in [0.5, 0.6) is 5.75 Å². The lowest BCUT2D eigenvalue weighted by Gasteiger charge is -2.06. The van der Waals surface area contributed by atoms with E-state index in [2.05, 4.69) is 30.5 Å². The van der Waals surface area contributed by atoms with E-state index in [0.29, 0.717) is 17.0 Å². The van der Waals surface area contributed by atoms with Crippen molar-refractivity contribution in [3.8, 4) is 16.9 Å². The Labute approximate surface area is 145 Å². The minimum atomic E-state index is -0.385. The van der Waals surface area contributed by atoms with Crippen molar-refractivity contribution in [2.24, 2.45) is 0 Å². The van der Waals surface area contributed by atoms with E-state index in [-0.39, 0.29) is 5.97 Å². The van der Waals surface area contributed by atoms with Crippen molar-refractivity contribution in [1.82, 2.24) is 0 Å². The molecule has 0 aliphatic rings. The minimum absolute atomic E-state index is 0.385. The molecular weight excluding hydrogens is 318 g/mol. The van der Waals surface area contributed by atoms with Crippen molar-refractivity contribution in [3.05, 3.63) is 78.4 Å². The fourth-order valence-electron chi connectivity index (χ4n) is 2.28. The van der Waals surface area contributed by atoms with Crippen molar-refractivity contribution < 1.29 is 9.53 Å². The van der Waals surface area contributed by atoms with Gasteiger partial charge in [-0.05, 0) is 65.9 Å². The Bertz CT molecular complexity index is 825. The summed E-state index contributed by atoms with van der Waals surface area (Å²) in [5.74, 6) is 0.0926. The number of carbonyl (C=O) groups excluding carboxylic acids is 1. The van der Waals surface area contributed by atoms with Gasteiger partial charge in [-0.25, -0.2) is 4.79 Å². The highest BCUT2D eigenvalue weighted by Crippen LogP contribution is 2.24. The third-order valence-corrected chi connectivity index (χ3v) is 4.38. The summed E-state index contributed by atoms with van der Waals surface area (Å²) in [7, 11) is 0. The van der Waals surface area contributed by atoms with Crippen molar-refractivity contribution >= 4 is 23.4 Å². The van der Waals surface area contributed by atoms with E-state index in [4.69, 9.17) is 10.5 Å². The van der Waals surface area contributed by atoms with Crippen LogP contribution in [0, 0.1) is 0 Å². The van der Waals surface area contributed by atoms with Crippen LogP contribution >= 0.6 is 11.8 Å². The van der Waals surface area contributed by atoms with Gasteiger partial charge in [-0.15, -0.1) is 11.8 Å². The number of rotatable bonds is 4. The number of nitrogen functional groups attached to an aromatic ring is 1. The lowest BCUT2D eigenvalue weighted by molar-refractivity contribution is 0.0735. The highest BCUT2D eigenvalue weighted by Gasteiger charge is 2.09. The standard InChI is InChI=1S/C20H17NO2S/c1-24-19-12-6-15(7-13-19)14-2-4-16(5-3-14)20(22)23-18-10-8-17(21)9-11-18/h2-13H,21H2,1H3. The average molecular weight is 335 g/mol. The molecule has 3 aromatic rings. The molecule has 0 aliphatic heterocycles. The summed E-state index contributed by atoms with van der Waals surface area (Å²) < 4.78 is 5.33. The first-order chi connectivity index (χ1) is 11.7. The lowest BCUT2D eigenvalue weighted by Crippen LogP contribution is -2.08. The summed E-state index contributed by atoms with van der Waals surface area (Å²) in [6.45, 7) is 0. The molecule has 0 amide bonds. The molecule has 0 aliphatic carbocycles. The van der Waals surface area contributed by atoms with E-state index in [1.54, 1.807) is 48.2 Å². The topological polar surface area (TPSA) is 52.3 Å². The molecule has 3 aromatic carbocycles. The molecule has 0 radical (unpaired) electrons. The van der Waals surface area contributed by atoms with Crippen LogP contribution in [0.2, 0.25) is 0 Å². The van der Waals surface area contributed by atoms with Crippen LogP contribution in [-0.4, -0.2) is 12.2 Å². The third kappa shape index (κ3) is 3.78. The first-order valence-corrected chi connectivity index (χ1v) is 8.70. The number of carbonyl (C=O) groups is 1. The van der Waals surface area contributed by atoms with E-state index < -0.39 is 0 Å². The molecule has 0 aromatic heterocycles. The number of anilines is 1. The lowest BCUT2D eigenvalue weighted by atomic mass is 10.0. The first kappa shape index (κ1) is 16.1. The summed E-state index contributed by atoms with van der Waals surface area (Å²) >= 11 is 1.71. The Morgan fingerprint density at radius 1 is 0.833 bits per heavy atom. The molecule has 0 heterocycles. The highest BCUT2D eigenvalue weighted by molar-refractivity contribution is 7.98. The van der Waals surface area contributed by atoms with Crippen molar-refractivity contribution in [1.29, 1.82) is 0 Å². The number of ether oxygens (including phenoxy) is 1. The summed E-state index contributed by atoms with van der Waals surface area (Å²) in [5.41, 5.74) is 8.94. The zero-order chi connectivity index (χ0) is 16.9. The van der Waals surface area contributed by atoms with E-state index >= 15 is 0 Å². The second-order valence-corrected chi connectivity index (χ2v) is 6.14. The molecule has 4 heteroatoms. The average Bonchev–Trinajstić information content (AvgIpc) is 2.64. The van der Waals surface area contributed by atoms with Gasteiger partial charge >= 0.3 is 5.97 Å². The molecule has 0 fully saturated rings. The maximum Gasteiger partial charge on any atom is 0.343 e. The Balaban J connectivity index is 1.73. The molecule has 0 unspecified atom stereocenters. The van der Waals surface area contributed by atoms with Crippen molar-refractivity contribution in [2.45, 2.75) is 4.90 Å². The van der Waals surface area contributed by atoms with E-state index in [9.17, 15) is 4.79 Å². The zero-order valence-electron chi connectivity index (χ0n) is 13.2. The van der Waals surface area contributed by atoms with Crippen LogP contribution in [0.1, 0.15) is 10.4 Å². The van der Waals surface area contributed by atoms with Gasteiger partial charge in [0.15, 0.2) is 0 Å². The Morgan fingerprint density at radius 2 is 1.38 bits per heavy atom. The molecule has 3 rings (SSSR count). The van der Waals surface area contributed by atoms with E-state index in [1.165, 1.54) is 4.90 Å². The quantitative estimate of drug-likeness (QED) is 0.320. The van der Waals surface area contributed by atoms with Crippen molar-refractivity contribution in [2.75, 3.05) is 12.0 Å². The van der Waals surface area contributed by atoms with Crippen LogP contribution in [0.4, 0.5) is 5.69 Å². The fourth-order valence-corrected chi connectivity index (χ4v) is 2.69. The predicted molar refractivity (Wildman–Crippen MR) is 99.5 cm³/mol. The van der Waals surface area contributed by atoms with E-state index in [0.717, 1.165) is 11.1 Å². The summed E-state index contributed by atoms with van der Waals surface area (Å²) in [6, 6.07) is 22.5. The minimum Gasteiger partial charge on any atom is -0.423 e. The van der Waals surface area contributed by atoms with Crippen LogP contribution < -0.4 is 10.5 Å². The van der Waals surface area contributed by atoms with Crippen molar-refractivity contribution in [3.63, 3.8) is 0 Å². The smallest absolute Gasteiger partial charge is 0.343 e. The number of hydrogen-bond acceptors (Lipinski definition) is 4. The van der Waals surface area contributed by atoms with Gasteiger partial charge in [0.25, 0.3) is 0 Å². The zero-order valence-corrected chi connectivity index (χ0v) is 14.0. The van der Waals surface area contributed by atoms with Gasteiger partial charge in [-0.2, -0.15) is 0 Å². The molecule has 0 spiro atoms. The monoisotopic (exact) mass is 335 g/mol. The molecule has 0 saturated carbocycles. The fraction of sp³-hybridized carbons (Fsp3) is 0.0500. The Hall–Kier alpha value is -2.72. The molecule has 120 valence electrons. The Morgan fingerprint density at radius 3 is 1.92 bits per heavy atom. The number of nitrogens with two attached hydrogens (primary N) is 1. The third-order valence-electron chi connectivity index (χ3n) is 3.63. The van der Waals surface area contributed by atoms with Gasteiger partial charge in [0.2, 0.25) is 0 Å². The van der Waals surface area contributed by atoms with Crippen LogP contribution in [-0.2, 0) is 0 Å². The van der Waals surface area contributed by atoms with Gasteiger partial charge in [-0.1, -0.05) is 24.3 Å². The van der Waals surface area contributed by atoms with Gasteiger partial charge < -0.3 is 10.5 Å². The maximum absolute atomic E-state index is 12.2. The molecule has 24 heavy (non-hydrogen) atoms. The van der Waals surface area contributed by atoms with Crippen LogP contribution in [0.25, 0.3) is 11.1 Å². The number of hydrogen-bond donors (Lipinski definition) is 1. The van der Waals surface area contributed by atoms with E-state index in [1.807, 2.05) is 12.1 Å². The maximum atomic E-state index is 12.2. The number of esters is 1. The Kier molecular flexibility index (Phi) is 4.87. The summed E-state index contributed by atoms with van der Waals surface area (Å²) in [5, 5.41) is 0. The van der Waals surface area contributed by atoms with Gasteiger partial charge in [0.1, 0.15) is 5.75 Å². The molecule has 0 bridgehead atoms. The molecular formula is C20H17NO2S. The summed E-state index contributed by atoms with van der Waals surface area (Å²) in [4.78, 5) is 13.4. The predicted octanol–water partition coefficient (Wildman–Crippen LogP) is 4.88. The number of thioether (sulfide) groups is 1. The molecule has 3 nitrogen and oxygen atoms in total. The number of benzene rings is 3. The van der Waals surface area contributed by atoms with Gasteiger partial charge in [0.05, 0.1) is 5.56 Å². The largest absolute Gasteiger partial charge is 0.423 e. The normalized spacial score (nSPS) is 10.4. The van der Waals surface area contributed by atoms with Gasteiger partial charge in [-0.3, -0.25) is 0 Å². The molecule has 0 saturated heterocycles. The highest BCUT2D eigenvalue weighted by atomic mass is 32.2. The van der Waals surface area contributed by atoms with Crippen LogP contribution in [0.3, 0.4) is 0 Å². The second kappa shape index (κ2) is 7.23. The van der Waals surface area contributed by atoms with Gasteiger partial charge in [0, 0.05) is 10.6 Å². The summed E-state index contributed by atoms with van der Waals surface area (Å²) in [6.07, 6.45) is 2.05. The molecule has 0 atom stereocenters.